The molecule has 0 saturated carbocycles. The molecule has 0 fully saturated rings. The molecule has 2 N–H and O–H groups in total. The number of hydrogen-bond acceptors (Lipinski definition) is 5. The molecule has 9 heteroatoms. The molecule has 0 bridgehead atoms. The second kappa shape index (κ2) is 17.6. The summed E-state index contributed by atoms with van der Waals surface area (Å²) >= 11 is 0. The molecule has 2 heterocycles. The zero-order valence-corrected chi connectivity index (χ0v) is 28.5. The second-order valence-electron chi connectivity index (χ2n) is 12.4. The van der Waals surface area contributed by atoms with Crippen LogP contribution in [-0.4, -0.2) is 21.8 Å². The van der Waals surface area contributed by atoms with Crippen LogP contribution in [0.15, 0.2) is 134 Å². The summed E-state index contributed by atoms with van der Waals surface area (Å²) < 4.78 is 34.8. The van der Waals surface area contributed by atoms with Crippen molar-refractivity contribution < 1.29 is 23.1 Å². The van der Waals surface area contributed by atoms with Crippen molar-refractivity contribution in [3.8, 4) is 28.1 Å². The Hall–Kier alpha value is -6.22. The van der Waals surface area contributed by atoms with Gasteiger partial charge in [0.15, 0.2) is 0 Å². The van der Waals surface area contributed by atoms with Crippen LogP contribution in [0.5, 0.6) is 5.88 Å². The molecule has 2 aromatic heterocycles. The number of benzene rings is 4. The van der Waals surface area contributed by atoms with Crippen LogP contribution in [0, 0.1) is 11.6 Å². The summed E-state index contributed by atoms with van der Waals surface area (Å²) in [5, 5.41) is 5.65. The van der Waals surface area contributed by atoms with Gasteiger partial charge in [-0.15, -0.1) is 0 Å². The van der Waals surface area contributed by atoms with E-state index in [4.69, 9.17) is 4.74 Å². The Morgan fingerprint density at radius 1 is 0.596 bits per heavy atom. The minimum atomic E-state index is -0.335. The molecular formula is C43H38F2N4O3. The number of amides is 2. The highest BCUT2D eigenvalue weighted by Crippen LogP contribution is 2.26. The quantitative estimate of drug-likeness (QED) is 0.112. The third-order valence-corrected chi connectivity index (χ3v) is 8.51. The Kier molecular flexibility index (Phi) is 12.1. The molecule has 0 radical (unpaired) electrons. The smallest absolute Gasteiger partial charge is 0.225 e. The first-order chi connectivity index (χ1) is 25.4. The van der Waals surface area contributed by atoms with Crippen LogP contribution in [0.25, 0.3) is 22.3 Å². The highest BCUT2D eigenvalue weighted by Gasteiger charge is 2.10. The van der Waals surface area contributed by atoms with E-state index in [1.807, 2.05) is 60.7 Å². The van der Waals surface area contributed by atoms with Crippen LogP contribution >= 0.6 is 0 Å². The van der Waals surface area contributed by atoms with Gasteiger partial charge in [0.2, 0.25) is 17.7 Å². The molecule has 262 valence electrons. The third kappa shape index (κ3) is 10.2. The van der Waals surface area contributed by atoms with Gasteiger partial charge in [0.1, 0.15) is 24.1 Å². The van der Waals surface area contributed by atoms with E-state index in [1.165, 1.54) is 12.1 Å². The van der Waals surface area contributed by atoms with Gasteiger partial charge >= 0.3 is 0 Å². The lowest BCUT2D eigenvalue weighted by molar-refractivity contribution is -0.117. The minimum absolute atomic E-state index is 0.0832. The fourth-order valence-corrected chi connectivity index (χ4v) is 5.75. The van der Waals surface area contributed by atoms with Crippen molar-refractivity contribution in [3.05, 3.63) is 162 Å². The number of ether oxygens (including phenoxy) is 1. The summed E-state index contributed by atoms with van der Waals surface area (Å²) in [5.41, 5.74) is 6.07. The van der Waals surface area contributed by atoms with Crippen molar-refractivity contribution in [1.29, 1.82) is 0 Å². The van der Waals surface area contributed by atoms with Crippen LogP contribution in [0.1, 0.15) is 42.4 Å². The van der Waals surface area contributed by atoms with Crippen LogP contribution in [0.4, 0.5) is 20.3 Å². The van der Waals surface area contributed by atoms with Gasteiger partial charge in [-0.3, -0.25) is 9.59 Å². The Balaban J connectivity index is 0.927. The van der Waals surface area contributed by atoms with Gasteiger partial charge in [-0.1, -0.05) is 78.9 Å². The van der Waals surface area contributed by atoms with Gasteiger partial charge in [-0.05, 0) is 89.9 Å². The molecule has 4 aromatic carbocycles. The number of aromatic nitrogens is 2. The van der Waals surface area contributed by atoms with E-state index in [9.17, 15) is 18.4 Å². The van der Waals surface area contributed by atoms with Crippen LogP contribution in [0.2, 0.25) is 0 Å². The molecule has 0 saturated heterocycles. The topological polar surface area (TPSA) is 93.2 Å². The first kappa shape index (κ1) is 35.6. The Morgan fingerprint density at radius 2 is 1.21 bits per heavy atom. The molecule has 0 atom stereocenters. The summed E-state index contributed by atoms with van der Waals surface area (Å²) in [6.45, 7) is 0.186. The van der Waals surface area contributed by atoms with Crippen molar-refractivity contribution in [2.75, 3.05) is 10.6 Å². The SMILES string of the molecule is O=C(CCCc1ccc(-c2ccccc2F)cc1)Nc1ccc(OCc2ccc(F)c(-c3ccc(CCCC(=O)Nc4ccccn4)cc3)c2)nc1. The van der Waals surface area contributed by atoms with Crippen molar-refractivity contribution in [2.45, 2.75) is 45.1 Å². The number of aryl methyl sites for hydroxylation is 2. The molecule has 0 spiro atoms. The molecule has 0 aliphatic rings. The summed E-state index contributed by atoms with van der Waals surface area (Å²) in [4.78, 5) is 33.1. The van der Waals surface area contributed by atoms with Crippen molar-refractivity contribution in [1.82, 2.24) is 9.97 Å². The normalized spacial score (nSPS) is 10.8. The first-order valence-electron chi connectivity index (χ1n) is 17.2. The molecule has 0 aliphatic carbocycles. The van der Waals surface area contributed by atoms with Crippen LogP contribution in [-0.2, 0) is 29.0 Å². The van der Waals surface area contributed by atoms with E-state index in [1.54, 1.807) is 60.9 Å². The van der Waals surface area contributed by atoms with E-state index in [2.05, 4.69) is 20.6 Å². The number of rotatable bonds is 15. The third-order valence-electron chi connectivity index (χ3n) is 8.51. The maximum Gasteiger partial charge on any atom is 0.225 e. The number of pyridine rings is 2. The van der Waals surface area contributed by atoms with Gasteiger partial charge in [-0.2, -0.15) is 0 Å². The van der Waals surface area contributed by atoms with Gasteiger partial charge < -0.3 is 15.4 Å². The van der Waals surface area contributed by atoms with E-state index in [0.717, 1.165) is 40.7 Å². The predicted molar refractivity (Wildman–Crippen MR) is 200 cm³/mol. The fraction of sp³-hybridized carbons (Fsp3) is 0.163. The second-order valence-corrected chi connectivity index (χ2v) is 12.4. The fourth-order valence-electron chi connectivity index (χ4n) is 5.75. The number of nitrogens with one attached hydrogen (secondary N) is 2. The molecule has 0 unspecified atom stereocenters. The Morgan fingerprint density at radius 3 is 1.85 bits per heavy atom. The lowest BCUT2D eigenvalue weighted by Crippen LogP contribution is -2.12. The van der Waals surface area contributed by atoms with Gasteiger partial charge in [0, 0.05) is 36.2 Å². The van der Waals surface area contributed by atoms with Gasteiger partial charge in [0.25, 0.3) is 0 Å². The Labute approximate surface area is 301 Å². The highest BCUT2D eigenvalue weighted by atomic mass is 19.1. The zero-order chi connectivity index (χ0) is 36.1. The molecule has 52 heavy (non-hydrogen) atoms. The van der Waals surface area contributed by atoms with E-state index in [0.29, 0.717) is 54.2 Å². The molecule has 0 aliphatic heterocycles. The summed E-state index contributed by atoms with van der Waals surface area (Å²) in [6.07, 6.45) is 6.68. The first-order valence-corrected chi connectivity index (χ1v) is 17.2. The predicted octanol–water partition coefficient (Wildman–Crippen LogP) is 9.59. The highest BCUT2D eigenvalue weighted by molar-refractivity contribution is 5.90. The molecule has 6 aromatic rings. The van der Waals surface area contributed by atoms with E-state index in [-0.39, 0.29) is 30.1 Å². The monoisotopic (exact) mass is 696 g/mol. The van der Waals surface area contributed by atoms with E-state index < -0.39 is 0 Å². The lowest BCUT2D eigenvalue weighted by atomic mass is 9.99. The summed E-state index contributed by atoms with van der Waals surface area (Å²) in [6, 6.07) is 35.7. The average Bonchev–Trinajstić information content (AvgIpc) is 3.16. The maximum absolute atomic E-state index is 14.8. The lowest BCUT2D eigenvalue weighted by Gasteiger charge is -2.10. The Bertz CT molecular complexity index is 2090. The molecule has 6 rings (SSSR count). The van der Waals surface area contributed by atoms with Crippen molar-refractivity contribution >= 4 is 23.3 Å². The number of carbonyl (C=O) groups is 2. The van der Waals surface area contributed by atoms with Crippen molar-refractivity contribution in [3.63, 3.8) is 0 Å². The van der Waals surface area contributed by atoms with Crippen LogP contribution < -0.4 is 15.4 Å². The van der Waals surface area contributed by atoms with Crippen LogP contribution in [0.3, 0.4) is 0 Å². The van der Waals surface area contributed by atoms with E-state index >= 15 is 0 Å². The number of nitrogens with zero attached hydrogens (tertiary/aromatic N) is 2. The largest absolute Gasteiger partial charge is 0.473 e. The number of anilines is 2. The minimum Gasteiger partial charge on any atom is -0.473 e. The van der Waals surface area contributed by atoms with Crippen molar-refractivity contribution in [2.24, 2.45) is 0 Å². The standard InChI is InChI=1S/C43H38F2N4O3/c44-38-10-2-1-9-36(38)33-19-14-30(15-20-33)7-5-12-41(50)48-35-23-25-43(47-28-35)52-29-32-18-24-39(45)37(27-32)34-21-16-31(17-22-34)8-6-13-42(51)49-40-11-3-4-26-46-40/h1-4,9-11,14-28H,5-8,12-13,29H2,(H,48,50)(H,46,49,51). The summed E-state index contributed by atoms with van der Waals surface area (Å²) in [7, 11) is 0. The maximum atomic E-state index is 14.8. The average molecular weight is 697 g/mol. The summed E-state index contributed by atoms with van der Waals surface area (Å²) in [5.74, 6) is 0.125. The molecule has 2 amide bonds. The van der Waals surface area contributed by atoms with Gasteiger partial charge in [-0.25, -0.2) is 18.7 Å². The number of carbonyl (C=O) groups excluding carboxylic acids is 2. The number of halogens is 2. The molecular weight excluding hydrogens is 658 g/mol. The van der Waals surface area contributed by atoms with Gasteiger partial charge in [0.05, 0.1) is 11.9 Å². The number of hydrogen-bond donors (Lipinski definition) is 2. The molecule has 7 nitrogen and oxygen atoms in total. The zero-order valence-electron chi connectivity index (χ0n) is 28.5.